The zero-order valence-corrected chi connectivity index (χ0v) is 13.6. The minimum atomic E-state index is -0.141. The van der Waals surface area contributed by atoms with Gasteiger partial charge in [0.05, 0.1) is 5.56 Å². The maximum Gasteiger partial charge on any atom is 0.254 e. The van der Waals surface area contributed by atoms with Gasteiger partial charge < -0.3 is 15.4 Å². The molecule has 1 amide bonds. The van der Waals surface area contributed by atoms with Crippen molar-refractivity contribution in [1.29, 1.82) is 0 Å². The molecule has 1 aliphatic heterocycles. The van der Waals surface area contributed by atoms with Crippen LogP contribution in [0.1, 0.15) is 29.6 Å². The molecule has 6 nitrogen and oxygen atoms in total. The standard InChI is InChI=1S/C18H22N4O2/c23-17(19-9-8-14-5-4-10-24-13-14)15-11-20-18(21-12-15)22-16-6-2-1-3-7-16/h1-3,6-7,11-12,14H,4-5,8-10,13H2,(H,19,23)(H,20,21,22)/t14-/m1/s1. The number of benzene rings is 1. The van der Waals surface area contributed by atoms with Gasteiger partial charge in [0.1, 0.15) is 0 Å². The summed E-state index contributed by atoms with van der Waals surface area (Å²) in [5.41, 5.74) is 1.37. The van der Waals surface area contributed by atoms with Crippen molar-refractivity contribution in [3.05, 3.63) is 48.3 Å². The average Bonchev–Trinajstić information content (AvgIpc) is 2.64. The quantitative estimate of drug-likeness (QED) is 0.853. The van der Waals surface area contributed by atoms with Gasteiger partial charge in [-0.05, 0) is 37.3 Å². The van der Waals surface area contributed by atoms with Gasteiger partial charge >= 0.3 is 0 Å². The molecular weight excluding hydrogens is 304 g/mol. The van der Waals surface area contributed by atoms with E-state index in [1.807, 2.05) is 30.3 Å². The summed E-state index contributed by atoms with van der Waals surface area (Å²) in [5, 5.41) is 6.01. The number of aromatic nitrogens is 2. The molecule has 0 saturated carbocycles. The summed E-state index contributed by atoms with van der Waals surface area (Å²) in [6.45, 7) is 2.32. The molecule has 1 aromatic carbocycles. The number of rotatable bonds is 6. The maximum absolute atomic E-state index is 12.1. The molecule has 24 heavy (non-hydrogen) atoms. The van der Waals surface area contributed by atoms with Gasteiger partial charge in [0.25, 0.3) is 5.91 Å². The van der Waals surface area contributed by atoms with Gasteiger partial charge in [0.2, 0.25) is 5.95 Å². The van der Waals surface area contributed by atoms with E-state index in [1.165, 1.54) is 18.8 Å². The Balaban J connectivity index is 1.46. The van der Waals surface area contributed by atoms with Crippen molar-refractivity contribution in [3.63, 3.8) is 0 Å². The molecule has 2 heterocycles. The van der Waals surface area contributed by atoms with Gasteiger partial charge in [-0.2, -0.15) is 0 Å². The van der Waals surface area contributed by atoms with Crippen LogP contribution in [0.3, 0.4) is 0 Å². The van der Waals surface area contributed by atoms with E-state index in [1.54, 1.807) is 0 Å². The van der Waals surface area contributed by atoms with Crippen LogP contribution in [0, 0.1) is 5.92 Å². The van der Waals surface area contributed by atoms with E-state index in [0.29, 0.717) is 24.0 Å². The number of nitrogens with zero attached hydrogens (tertiary/aromatic N) is 2. The van der Waals surface area contributed by atoms with Crippen LogP contribution in [0.15, 0.2) is 42.7 Å². The second-order valence-electron chi connectivity index (χ2n) is 5.91. The summed E-state index contributed by atoms with van der Waals surface area (Å²) in [5.74, 6) is 0.878. The first kappa shape index (κ1) is 16.4. The Morgan fingerprint density at radius 2 is 2.00 bits per heavy atom. The molecule has 0 unspecified atom stereocenters. The zero-order valence-electron chi connectivity index (χ0n) is 13.6. The van der Waals surface area contributed by atoms with Crippen molar-refractivity contribution in [2.24, 2.45) is 5.92 Å². The van der Waals surface area contributed by atoms with Gasteiger partial charge in [0.15, 0.2) is 0 Å². The lowest BCUT2D eigenvalue weighted by atomic mass is 9.99. The van der Waals surface area contributed by atoms with Crippen LogP contribution in [0.25, 0.3) is 0 Å². The Morgan fingerprint density at radius 1 is 1.21 bits per heavy atom. The molecule has 1 saturated heterocycles. The number of anilines is 2. The lowest BCUT2D eigenvalue weighted by Gasteiger charge is -2.21. The van der Waals surface area contributed by atoms with Crippen LogP contribution >= 0.6 is 0 Å². The van der Waals surface area contributed by atoms with Crippen molar-refractivity contribution in [2.75, 3.05) is 25.1 Å². The van der Waals surface area contributed by atoms with Gasteiger partial charge in [0, 0.05) is 37.8 Å². The normalized spacial score (nSPS) is 17.2. The topological polar surface area (TPSA) is 76.1 Å². The zero-order chi connectivity index (χ0) is 16.6. The van der Waals surface area contributed by atoms with Gasteiger partial charge in [-0.1, -0.05) is 18.2 Å². The first-order chi connectivity index (χ1) is 11.8. The van der Waals surface area contributed by atoms with E-state index in [2.05, 4.69) is 20.6 Å². The third-order valence-corrected chi connectivity index (χ3v) is 4.04. The Hall–Kier alpha value is -2.47. The van der Waals surface area contributed by atoms with Crippen molar-refractivity contribution < 1.29 is 9.53 Å². The monoisotopic (exact) mass is 326 g/mol. The SMILES string of the molecule is O=C(NCC[C@H]1CCCOC1)c1cnc(Nc2ccccc2)nc1. The molecule has 0 spiro atoms. The van der Waals surface area contributed by atoms with Crippen LogP contribution in [0.5, 0.6) is 0 Å². The number of hydrogen-bond donors (Lipinski definition) is 2. The number of amides is 1. The Labute approximate surface area is 141 Å². The fourth-order valence-corrected chi connectivity index (χ4v) is 2.69. The van der Waals surface area contributed by atoms with Crippen molar-refractivity contribution in [2.45, 2.75) is 19.3 Å². The van der Waals surface area contributed by atoms with Crippen LogP contribution < -0.4 is 10.6 Å². The predicted molar refractivity (Wildman–Crippen MR) is 92.2 cm³/mol. The van der Waals surface area contributed by atoms with Gasteiger partial charge in [-0.3, -0.25) is 4.79 Å². The minimum absolute atomic E-state index is 0.141. The summed E-state index contributed by atoms with van der Waals surface area (Å²) in [7, 11) is 0. The first-order valence-corrected chi connectivity index (χ1v) is 8.31. The third kappa shape index (κ3) is 4.76. The highest BCUT2D eigenvalue weighted by Crippen LogP contribution is 2.16. The number of hydrogen-bond acceptors (Lipinski definition) is 5. The lowest BCUT2D eigenvalue weighted by Crippen LogP contribution is -2.28. The minimum Gasteiger partial charge on any atom is -0.381 e. The van der Waals surface area contributed by atoms with E-state index in [-0.39, 0.29) is 5.91 Å². The molecule has 126 valence electrons. The second-order valence-corrected chi connectivity index (χ2v) is 5.91. The molecule has 2 N–H and O–H groups in total. The number of carbonyl (C=O) groups is 1. The molecule has 0 radical (unpaired) electrons. The largest absolute Gasteiger partial charge is 0.381 e. The van der Waals surface area contributed by atoms with E-state index < -0.39 is 0 Å². The number of nitrogens with one attached hydrogen (secondary N) is 2. The molecule has 0 aliphatic carbocycles. The van der Waals surface area contributed by atoms with Crippen molar-refractivity contribution >= 4 is 17.5 Å². The highest BCUT2D eigenvalue weighted by molar-refractivity contribution is 5.93. The number of ether oxygens (including phenoxy) is 1. The summed E-state index contributed by atoms with van der Waals surface area (Å²) in [6, 6.07) is 9.67. The molecule has 1 fully saturated rings. The average molecular weight is 326 g/mol. The maximum atomic E-state index is 12.1. The number of carbonyl (C=O) groups excluding carboxylic acids is 1. The second kappa shape index (κ2) is 8.40. The molecule has 6 heteroatoms. The summed E-state index contributed by atoms with van der Waals surface area (Å²) in [4.78, 5) is 20.5. The van der Waals surface area contributed by atoms with Crippen molar-refractivity contribution in [1.82, 2.24) is 15.3 Å². The Morgan fingerprint density at radius 3 is 2.71 bits per heavy atom. The summed E-state index contributed by atoms with van der Waals surface area (Å²) < 4.78 is 5.45. The highest BCUT2D eigenvalue weighted by atomic mass is 16.5. The van der Waals surface area contributed by atoms with E-state index in [4.69, 9.17) is 4.74 Å². The summed E-state index contributed by atoms with van der Waals surface area (Å²) >= 11 is 0. The van der Waals surface area contributed by atoms with E-state index in [9.17, 15) is 4.79 Å². The van der Waals surface area contributed by atoms with Gasteiger partial charge in [-0.15, -0.1) is 0 Å². The van der Waals surface area contributed by atoms with Crippen LogP contribution in [-0.4, -0.2) is 35.6 Å². The van der Waals surface area contributed by atoms with E-state index in [0.717, 1.165) is 31.7 Å². The van der Waals surface area contributed by atoms with E-state index >= 15 is 0 Å². The molecule has 1 aromatic heterocycles. The molecular formula is C18H22N4O2. The Kier molecular flexibility index (Phi) is 5.74. The Bertz CT molecular complexity index is 640. The van der Waals surface area contributed by atoms with Crippen LogP contribution in [-0.2, 0) is 4.74 Å². The molecule has 3 rings (SSSR count). The van der Waals surface area contributed by atoms with Crippen LogP contribution in [0.4, 0.5) is 11.6 Å². The smallest absolute Gasteiger partial charge is 0.254 e. The number of para-hydroxylation sites is 1. The molecule has 1 aliphatic rings. The highest BCUT2D eigenvalue weighted by Gasteiger charge is 2.14. The first-order valence-electron chi connectivity index (χ1n) is 8.31. The van der Waals surface area contributed by atoms with Crippen molar-refractivity contribution in [3.8, 4) is 0 Å². The lowest BCUT2D eigenvalue weighted by molar-refractivity contribution is 0.0514. The molecule has 1 atom stereocenters. The van der Waals surface area contributed by atoms with Crippen LogP contribution in [0.2, 0.25) is 0 Å². The molecule has 2 aromatic rings. The fraction of sp³-hybridized carbons (Fsp3) is 0.389. The fourth-order valence-electron chi connectivity index (χ4n) is 2.69. The summed E-state index contributed by atoms with van der Waals surface area (Å²) in [6.07, 6.45) is 6.32. The van der Waals surface area contributed by atoms with Gasteiger partial charge in [-0.25, -0.2) is 9.97 Å². The third-order valence-electron chi connectivity index (χ3n) is 4.04. The molecule has 0 bridgehead atoms. The predicted octanol–water partition coefficient (Wildman–Crippen LogP) is 2.77.